The van der Waals surface area contributed by atoms with E-state index in [0.717, 1.165) is 50.0 Å². The lowest BCUT2D eigenvalue weighted by Crippen LogP contribution is -2.53. The molecular formula is C15H19N3O3. The van der Waals surface area contributed by atoms with E-state index in [-0.39, 0.29) is 22.4 Å². The fourth-order valence-electron chi connectivity index (χ4n) is 3.35. The van der Waals surface area contributed by atoms with Gasteiger partial charge >= 0.3 is 0 Å². The standard InChI is InChI=1S/C15H19N3O3/c1-11(19)14-4-2-3-8-16(14)17-9-7-12-5-6-13(18(20)21)10-15(12)17/h5-6,10,14H,2-4,7-9H2,1H3. The van der Waals surface area contributed by atoms with Crippen molar-refractivity contribution in [1.29, 1.82) is 0 Å². The molecule has 3 rings (SSSR count). The van der Waals surface area contributed by atoms with Crippen LogP contribution in [0.1, 0.15) is 31.7 Å². The molecule has 0 bridgehead atoms. The van der Waals surface area contributed by atoms with E-state index in [4.69, 9.17) is 0 Å². The molecule has 1 aromatic rings. The molecule has 1 unspecified atom stereocenters. The van der Waals surface area contributed by atoms with Crippen LogP contribution < -0.4 is 5.01 Å². The van der Waals surface area contributed by atoms with E-state index >= 15 is 0 Å². The van der Waals surface area contributed by atoms with E-state index in [1.54, 1.807) is 19.1 Å². The number of piperidine rings is 1. The lowest BCUT2D eigenvalue weighted by atomic mass is 10.0. The van der Waals surface area contributed by atoms with E-state index in [0.29, 0.717) is 0 Å². The van der Waals surface area contributed by atoms with Gasteiger partial charge in [0.1, 0.15) is 5.78 Å². The van der Waals surface area contributed by atoms with Gasteiger partial charge in [-0.15, -0.1) is 0 Å². The van der Waals surface area contributed by atoms with Crippen LogP contribution in [0.2, 0.25) is 0 Å². The molecule has 2 aliphatic heterocycles. The molecule has 6 nitrogen and oxygen atoms in total. The summed E-state index contributed by atoms with van der Waals surface area (Å²) >= 11 is 0. The van der Waals surface area contributed by atoms with Crippen molar-refractivity contribution in [1.82, 2.24) is 5.01 Å². The topological polar surface area (TPSA) is 66.7 Å². The maximum Gasteiger partial charge on any atom is 0.271 e. The Bertz CT molecular complexity index is 588. The fourth-order valence-corrected chi connectivity index (χ4v) is 3.35. The van der Waals surface area contributed by atoms with Crippen LogP contribution in [-0.2, 0) is 11.2 Å². The number of rotatable bonds is 3. The van der Waals surface area contributed by atoms with E-state index in [9.17, 15) is 14.9 Å². The van der Waals surface area contributed by atoms with E-state index in [1.165, 1.54) is 0 Å². The van der Waals surface area contributed by atoms with E-state index < -0.39 is 0 Å². The number of ketones is 1. The third-order valence-corrected chi connectivity index (χ3v) is 4.40. The Hall–Kier alpha value is -1.95. The summed E-state index contributed by atoms with van der Waals surface area (Å²) in [5.74, 6) is 0.175. The fraction of sp³-hybridized carbons (Fsp3) is 0.533. The smallest absolute Gasteiger partial charge is 0.271 e. The van der Waals surface area contributed by atoms with Crippen molar-refractivity contribution >= 4 is 17.2 Å². The molecule has 0 saturated carbocycles. The highest BCUT2D eigenvalue weighted by atomic mass is 16.6. The highest BCUT2D eigenvalue weighted by Crippen LogP contribution is 2.35. The van der Waals surface area contributed by atoms with Gasteiger partial charge in [-0.2, -0.15) is 0 Å². The molecule has 0 spiro atoms. The number of hydrazine groups is 1. The maximum atomic E-state index is 11.9. The number of hydrogen-bond acceptors (Lipinski definition) is 5. The molecule has 1 aromatic carbocycles. The molecular weight excluding hydrogens is 270 g/mol. The third kappa shape index (κ3) is 2.51. The van der Waals surface area contributed by atoms with Gasteiger partial charge in [0.15, 0.2) is 0 Å². The summed E-state index contributed by atoms with van der Waals surface area (Å²) in [7, 11) is 0. The van der Waals surface area contributed by atoms with Crippen LogP contribution in [0.5, 0.6) is 0 Å². The first-order valence-electron chi connectivity index (χ1n) is 7.40. The number of carbonyl (C=O) groups is 1. The molecule has 0 aliphatic carbocycles. The second-order valence-electron chi connectivity index (χ2n) is 5.73. The van der Waals surface area contributed by atoms with Gasteiger partial charge in [-0.1, -0.05) is 12.5 Å². The Labute approximate surface area is 123 Å². The molecule has 1 atom stereocenters. The molecule has 2 aliphatic rings. The van der Waals surface area contributed by atoms with Crippen LogP contribution in [0.15, 0.2) is 18.2 Å². The molecule has 0 N–H and O–H groups in total. The third-order valence-electron chi connectivity index (χ3n) is 4.40. The van der Waals surface area contributed by atoms with Gasteiger partial charge in [0.2, 0.25) is 0 Å². The van der Waals surface area contributed by atoms with Gasteiger partial charge in [0.25, 0.3) is 5.69 Å². The van der Waals surface area contributed by atoms with Crippen LogP contribution in [0.3, 0.4) is 0 Å². The number of anilines is 1. The van der Waals surface area contributed by atoms with Gasteiger partial charge in [-0.25, -0.2) is 5.01 Å². The lowest BCUT2D eigenvalue weighted by Gasteiger charge is -2.41. The number of non-ortho nitro benzene ring substituents is 1. The zero-order chi connectivity index (χ0) is 15.0. The number of nitrogens with zero attached hydrogens (tertiary/aromatic N) is 3. The average Bonchev–Trinajstić information content (AvgIpc) is 2.89. The number of benzene rings is 1. The van der Waals surface area contributed by atoms with Gasteiger partial charge in [-0.3, -0.25) is 14.9 Å². The summed E-state index contributed by atoms with van der Waals surface area (Å²) in [5.41, 5.74) is 2.11. The summed E-state index contributed by atoms with van der Waals surface area (Å²) in [6.07, 6.45) is 3.87. The van der Waals surface area contributed by atoms with Crippen LogP contribution in [-0.4, -0.2) is 34.8 Å². The van der Waals surface area contributed by atoms with Gasteiger partial charge in [0, 0.05) is 25.2 Å². The van der Waals surface area contributed by atoms with Crippen molar-refractivity contribution in [3.63, 3.8) is 0 Å². The zero-order valence-corrected chi connectivity index (χ0v) is 12.1. The van der Waals surface area contributed by atoms with Crippen molar-refractivity contribution in [3.05, 3.63) is 33.9 Å². The summed E-state index contributed by atoms with van der Waals surface area (Å²) in [6.45, 7) is 3.26. The maximum absolute atomic E-state index is 11.9. The summed E-state index contributed by atoms with van der Waals surface area (Å²) in [5, 5.41) is 15.2. The molecule has 21 heavy (non-hydrogen) atoms. The monoisotopic (exact) mass is 289 g/mol. The Kier molecular flexibility index (Phi) is 3.63. The lowest BCUT2D eigenvalue weighted by molar-refractivity contribution is -0.384. The van der Waals surface area contributed by atoms with Crippen molar-refractivity contribution in [2.75, 3.05) is 18.1 Å². The minimum absolute atomic E-state index is 0.0936. The normalized spacial score (nSPS) is 22.1. The molecule has 1 fully saturated rings. The first-order chi connectivity index (χ1) is 10.1. The van der Waals surface area contributed by atoms with E-state index in [2.05, 4.69) is 10.0 Å². The molecule has 112 valence electrons. The average molecular weight is 289 g/mol. The van der Waals surface area contributed by atoms with Crippen molar-refractivity contribution in [2.24, 2.45) is 0 Å². The van der Waals surface area contributed by atoms with Gasteiger partial charge in [0.05, 0.1) is 16.7 Å². The quantitative estimate of drug-likeness (QED) is 0.631. The van der Waals surface area contributed by atoms with Crippen molar-refractivity contribution in [2.45, 2.75) is 38.6 Å². The summed E-state index contributed by atoms with van der Waals surface area (Å²) in [6, 6.07) is 4.93. The summed E-state index contributed by atoms with van der Waals surface area (Å²) in [4.78, 5) is 22.5. The first-order valence-corrected chi connectivity index (χ1v) is 7.40. The zero-order valence-electron chi connectivity index (χ0n) is 12.1. The highest BCUT2D eigenvalue weighted by molar-refractivity contribution is 5.82. The van der Waals surface area contributed by atoms with Crippen molar-refractivity contribution < 1.29 is 9.72 Å². The van der Waals surface area contributed by atoms with E-state index in [1.807, 2.05) is 6.07 Å². The summed E-state index contributed by atoms with van der Waals surface area (Å²) < 4.78 is 0. The minimum atomic E-state index is -0.366. The number of fused-ring (bicyclic) bond motifs is 1. The Morgan fingerprint density at radius 1 is 1.33 bits per heavy atom. The van der Waals surface area contributed by atoms with Gasteiger partial charge < -0.3 is 5.01 Å². The largest absolute Gasteiger partial charge is 0.304 e. The molecule has 1 saturated heterocycles. The molecule has 0 radical (unpaired) electrons. The Morgan fingerprint density at radius 2 is 2.14 bits per heavy atom. The first kappa shape index (κ1) is 14.0. The predicted octanol–water partition coefficient (Wildman–Crippen LogP) is 2.32. The van der Waals surface area contributed by atoms with Crippen LogP contribution in [0, 0.1) is 10.1 Å². The van der Waals surface area contributed by atoms with Crippen molar-refractivity contribution in [3.8, 4) is 0 Å². The predicted molar refractivity (Wildman–Crippen MR) is 79.2 cm³/mol. The SMILES string of the molecule is CC(=O)C1CCCCN1N1CCc2ccc([N+](=O)[O-])cc21. The van der Waals surface area contributed by atoms with Crippen LogP contribution >= 0.6 is 0 Å². The number of nitro benzene ring substituents is 1. The highest BCUT2D eigenvalue weighted by Gasteiger charge is 2.34. The van der Waals surface area contributed by atoms with Crippen LogP contribution in [0.4, 0.5) is 11.4 Å². The van der Waals surface area contributed by atoms with Gasteiger partial charge in [-0.05, 0) is 31.7 Å². The Morgan fingerprint density at radius 3 is 2.86 bits per heavy atom. The molecule has 2 heterocycles. The number of Topliss-reactive ketones (excluding diaryl/α,β-unsaturated/α-hetero) is 1. The second kappa shape index (κ2) is 5.44. The Balaban J connectivity index is 1.93. The number of carbonyl (C=O) groups excluding carboxylic acids is 1. The minimum Gasteiger partial charge on any atom is -0.304 e. The molecule has 0 amide bonds. The molecule has 6 heteroatoms. The van der Waals surface area contributed by atoms with Crippen LogP contribution in [0.25, 0.3) is 0 Å². The second-order valence-corrected chi connectivity index (χ2v) is 5.73. The number of hydrogen-bond donors (Lipinski definition) is 0. The molecule has 0 aromatic heterocycles. The number of nitro groups is 1.